The standard InChI is InChI=1S/C20H23F2NO4/c1-25-16-7-6-13(10-17(16)26-2)20-18(12-24)27-9-8-23(20)11-14-4-3-5-15(21)19(14)22/h3-7,10,18,20,24H,8-9,11-12H2,1-2H3/t18-,20-/m1/s1. The third kappa shape index (κ3) is 4.05. The predicted octanol–water partition coefficient (Wildman–Crippen LogP) is 2.92. The molecule has 27 heavy (non-hydrogen) atoms. The number of methoxy groups -OCH3 is 2. The van der Waals surface area contributed by atoms with Crippen LogP contribution < -0.4 is 9.47 Å². The second kappa shape index (κ2) is 8.65. The molecule has 0 amide bonds. The highest BCUT2D eigenvalue weighted by molar-refractivity contribution is 5.44. The molecule has 0 aliphatic carbocycles. The van der Waals surface area contributed by atoms with E-state index in [-0.39, 0.29) is 24.8 Å². The third-order valence-corrected chi connectivity index (χ3v) is 4.79. The van der Waals surface area contributed by atoms with Gasteiger partial charge in [-0.15, -0.1) is 0 Å². The van der Waals surface area contributed by atoms with E-state index in [0.29, 0.717) is 24.7 Å². The summed E-state index contributed by atoms with van der Waals surface area (Å²) in [5, 5.41) is 9.79. The molecule has 2 aromatic rings. The van der Waals surface area contributed by atoms with E-state index in [1.165, 1.54) is 6.07 Å². The fourth-order valence-electron chi connectivity index (χ4n) is 3.47. The Labute approximate surface area is 157 Å². The summed E-state index contributed by atoms with van der Waals surface area (Å²) < 4.78 is 44.1. The zero-order chi connectivity index (χ0) is 19.4. The molecule has 0 saturated carbocycles. The molecule has 1 aliphatic heterocycles. The molecule has 5 nitrogen and oxygen atoms in total. The molecule has 1 fully saturated rings. The minimum absolute atomic E-state index is 0.193. The molecule has 1 saturated heterocycles. The molecular weight excluding hydrogens is 356 g/mol. The second-order valence-electron chi connectivity index (χ2n) is 6.33. The highest BCUT2D eigenvalue weighted by Gasteiger charge is 2.34. The van der Waals surface area contributed by atoms with E-state index in [4.69, 9.17) is 14.2 Å². The van der Waals surface area contributed by atoms with Crippen molar-refractivity contribution >= 4 is 0 Å². The van der Waals surface area contributed by atoms with Crippen LogP contribution in [-0.2, 0) is 11.3 Å². The maximum atomic E-state index is 14.2. The maximum Gasteiger partial charge on any atom is 0.163 e. The van der Waals surface area contributed by atoms with Crippen molar-refractivity contribution in [2.75, 3.05) is 34.0 Å². The topological polar surface area (TPSA) is 51.2 Å². The fourth-order valence-corrected chi connectivity index (χ4v) is 3.47. The van der Waals surface area contributed by atoms with E-state index < -0.39 is 17.7 Å². The molecule has 0 unspecified atom stereocenters. The van der Waals surface area contributed by atoms with Gasteiger partial charge in [0.05, 0.1) is 33.5 Å². The predicted molar refractivity (Wildman–Crippen MR) is 95.9 cm³/mol. The molecular formula is C20H23F2NO4. The summed E-state index contributed by atoms with van der Waals surface area (Å²) >= 11 is 0. The number of rotatable bonds is 6. The van der Waals surface area contributed by atoms with Crippen molar-refractivity contribution < 1.29 is 28.1 Å². The van der Waals surface area contributed by atoms with Crippen LogP contribution in [0.25, 0.3) is 0 Å². The average molecular weight is 379 g/mol. The Morgan fingerprint density at radius 3 is 2.63 bits per heavy atom. The number of morpholine rings is 1. The highest BCUT2D eigenvalue weighted by Crippen LogP contribution is 2.36. The van der Waals surface area contributed by atoms with E-state index >= 15 is 0 Å². The lowest BCUT2D eigenvalue weighted by molar-refractivity contribution is -0.0963. The summed E-state index contributed by atoms with van der Waals surface area (Å²) in [6.45, 7) is 0.918. The van der Waals surface area contributed by atoms with Crippen LogP contribution in [0, 0.1) is 11.6 Å². The van der Waals surface area contributed by atoms with Gasteiger partial charge in [-0.05, 0) is 23.8 Å². The average Bonchev–Trinajstić information content (AvgIpc) is 2.70. The molecule has 1 N–H and O–H groups in total. The number of hydrogen-bond donors (Lipinski definition) is 1. The van der Waals surface area contributed by atoms with Gasteiger partial charge in [0.25, 0.3) is 0 Å². The van der Waals surface area contributed by atoms with Crippen molar-refractivity contribution in [3.63, 3.8) is 0 Å². The van der Waals surface area contributed by atoms with Gasteiger partial charge in [-0.2, -0.15) is 0 Å². The molecule has 0 bridgehead atoms. The van der Waals surface area contributed by atoms with Crippen molar-refractivity contribution in [1.29, 1.82) is 0 Å². The van der Waals surface area contributed by atoms with Gasteiger partial charge in [0.1, 0.15) is 6.10 Å². The minimum Gasteiger partial charge on any atom is -0.493 e. The minimum atomic E-state index is -0.873. The van der Waals surface area contributed by atoms with Gasteiger partial charge in [0.15, 0.2) is 23.1 Å². The Balaban J connectivity index is 1.96. The van der Waals surface area contributed by atoms with E-state index in [0.717, 1.165) is 11.6 Å². The molecule has 0 radical (unpaired) electrons. The van der Waals surface area contributed by atoms with Crippen LogP contribution in [0.3, 0.4) is 0 Å². The van der Waals surface area contributed by atoms with Gasteiger partial charge >= 0.3 is 0 Å². The van der Waals surface area contributed by atoms with Crippen LogP contribution in [-0.4, -0.2) is 50.1 Å². The summed E-state index contributed by atoms with van der Waals surface area (Å²) in [6.07, 6.45) is -0.492. The maximum absolute atomic E-state index is 14.2. The number of aliphatic hydroxyl groups excluding tert-OH is 1. The lowest BCUT2D eigenvalue weighted by Gasteiger charge is -2.41. The number of nitrogens with zero attached hydrogens (tertiary/aromatic N) is 1. The molecule has 3 rings (SSSR count). The first-order valence-corrected chi connectivity index (χ1v) is 8.70. The molecule has 2 atom stereocenters. The van der Waals surface area contributed by atoms with E-state index in [1.54, 1.807) is 26.4 Å². The molecule has 0 spiro atoms. The molecule has 0 aromatic heterocycles. The first kappa shape index (κ1) is 19.5. The Kier molecular flexibility index (Phi) is 6.26. The molecule has 1 heterocycles. The summed E-state index contributed by atoms with van der Waals surface area (Å²) in [7, 11) is 3.10. The van der Waals surface area contributed by atoms with Crippen LogP contribution in [0.2, 0.25) is 0 Å². The number of hydrogen-bond acceptors (Lipinski definition) is 5. The van der Waals surface area contributed by atoms with Gasteiger partial charge in [-0.25, -0.2) is 8.78 Å². The van der Waals surface area contributed by atoms with Crippen molar-refractivity contribution in [3.8, 4) is 11.5 Å². The highest BCUT2D eigenvalue weighted by atomic mass is 19.2. The zero-order valence-corrected chi connectivity index (χ0v) is 15.3. The van der Waals surface area contributed by atoms with Crippen LogP contribution in [0.5, 0.6) is 11.5 Å². The Bertz CT molecular complexity index is 787. The summed E-state index contributed by atoms with van der Waals surface area (Å²) in [5.74, 6) is -0.590. The van der Waals surface area contributed by atoms with Crippen molar-refractivity contribution in [2.45, 2.75) is 18.7 Å². The smallest absolute Gasteiger partial charge is 0.163 e. The normalized spacial score (nSPS) is 20.5. The summed E-state index contributed by atoms with van der Waals surface area (Å²) in [5.41, 5.74) is 1.10. The van der Waals surface area contributed by atoms with Gasteiger partial charge < -0.3 is 19.3 Å². The zero-order valence-electron chi connectivity index (χ0n) is 15.3. The van der Waals surface area contributed by atoms with Crippen LogP contribution >= 0.6 is 0 Å². The van der Waals surface area contributed by atoms with Gasteiger partial charge in [-0.1, -0.05) is 18.2 Å². The SMILES string of the molecule is COc1ccc([C@@H]2[C@@H](CO)OCCN2Cc2cccc(F)c2F)cc1OC. The van der Waals surface area contributed by atoms with Gasteiger partial charge in [-0.3, -0.25) is 4.90 Å². The Morgan fingerprint density at radius 2 is 1.93 bits per heavy atom. The Morgan fingerprint density at radius 1 is 1.15 bits per heavy atom. The first-order valence-electron chi connectivity index (χ1n) is 8.70. The quantitative estimate of drug-likeness (QED) is 0.837. The largest absolute Gasteiger partial charge is 0.493 e. The van der Waals surface area contributed by atoms with Crippen LogP contribution in [0.15, 0.2) is 36.4 Å². The Hall–Kier alpha value is -2.22. The number of aliphatic hydroxyl groups is 1. The van der Waals surface area contributed by atoms with Gasteiger partial charge in [0, 0.05) is 18.7 Å². The number of benzene rings is 2. The van der Waals surface area contributed by atoms with E-state index in [1.807, 2.05) is 17.0 Å². The van der Waals surface area contributed by atoms with Crippen molar-refractivity contribution in [1.82, 2.24) is 4.90 Å². The molecule has 2 aromatic carbocycles. The van der Waals surface area contributed by atoms with Crippen molar-refractivity contribution in [3.05, 3.63) is 59.2 Å². The molecule has 7 heteroatoms. The lowest BCUT2D eigenvalue weighted by Crippen LogP contribution is -2.46. The van der Waals surface area contributed by atoms with E-state index in [9.17, 15) is 13.9 Å². The van der Waals surface area contributed by atoms with Gasteiger partial charge in [0.2, 0.25) is 0 Å². The summed E-state index contributed by atoms with van der Waals surface area (Å²) in [6, 6.07) is 9.26. The van der Waals surface area contributed by atoms with E-state index in [2.05, 4.69) is 0 Å². The summed E-state index contributed by atoms with van der Waals surface area (Å²) in [4.78, 5) is 1.98. The first-order chi connectivity index (χ1) is 13.1. The molecule has 1 aliphatic rings. The number of ether oxygens (including phenoxy) is 3. The van der Waals surface area contributed by atoms with Crippen LogP contribution in [0.1, 0.15) is 17.2 Å². The van der Waals surface area contributed by atoms with Crippen LogP contribution in [0.4, 0.5) is 8.78 Å². The second-order valence-corrected chi connectivity index (χ2v) is 6.33. The molecule has 146 valence electrons. The fraction of sp³-hybridized carbons (Fsp3) is 0.400. The monoisotopic (exact) mass is 379 g/mol. The van der Waals surface area contributed by atoms with Crippen molar-refractivity contribution in [2.24, 2.45) is 0 Å². The third-order valence-electron chi connectivity index (χ3n) is 4.79. The number of halogens is 2. The lowest BCUT2D eigenvalue weighted by atomic mass is 9.97.